The Morgan fingerprint density at radius 3 is 2.37 bits per heavy atom. The Morgan fingerprint density at radius 1 is 1.20 bits per heavy atom. The van der Waals surface area contributed by atoms with Crippen LogP contribution in [0.3, 0.4) is 0 Å². The number of halogens is 1. The van der Waals surface area contributed by atoms with Crippen LogP contribution in [0.4, 0.5) is 10.1 Å². The Balaban J connectivity index is 0.00000298. The van der Waals surface area contributed by atoms with Gasteiger partial charge in [0, 0.05) is 23.7 Å². The molecule has 1 amide bonds. The van der Waals surface area contributed by atoms with Crippen molar-refractivity contribution in [3.8, 4) is 5.75 Å². The monoisotopic (exact) mass is 502 g/mol. The minimum atomic E-state index is -1.87. The van der Waals surface area contributed by atoms with Gasteiger partial charge in [-0.15, -0.1) is 0 Å². The van der Waals surface area contributed by atoms with Gasteiger partial charge < -0.3 is 41.0 Å². The zero-order valence-corrected chi connectivity index (χ0v) is 20.9. The number of benzene rings is 1. The fourth-order valence-electron chi connectivity index (χ4n) is 3.80. The number of nitrogens with two attached hydrogens (primary N) is 1. The summed E-state index contributed by atoms with van der Waals surface area (Å²) in [5.41, 5.74) is 6.06. The molecule has 1 aromatic rings. The molecular weight excluding hydrogens is 463 g/mol. The van der Waals surface area contributed by atoms with Crippen molar-refractivity contribution in [2.75, 3.05) is 5.32 Å². The molecule has 1 fully saturated rings. The second kappa shape index (κ2) is 13.7. The molecule has 1 aliphatic rings. The maximum atomic E-state index is 13.6. The van der Waals surface area contributed by atoms with E-state index in [1.807, 2.05) is 34.6 Å². The van der Waals surface area contributed by atoms with Gasteiger partial charge in [0.15, 0.2) is 6.10 Å². The van der Waals surface area contributed by atoms with Crippen molar-refractivity contribution < 1.29 is 43.9 Å². The average molecular weight is 503 g/mol. The summed E-state index contributed by atoms with van der Waals surface area (Å²) in [6.45, 7) is 8.98. The molecule has 0 bridgehead atoms. The molecule has 0 aromatic heterocycles. The van der Waals surface area contributed by atoms with Crippen LogP contribution in [0.2, 0.25) is 0 Å². The fraction of sp³-hybridized carbons (Fsp3) is 0.667. The lowest BCUT2D eigenvalue weighted by Crippen LogP contribution is -2.61. The lowest BCUT2D eigenvalue weighted by Gasteiger charge is -2.38. The van der Waals surface area contributed by atoms with Crippen LogP contribution in [0, 0.1) is 5.41 Å². The number of amides is 1. The number of carboxylic acid groups (broad SMARTS) is 1. The van der Waals surface area contributed by atoms with E-state index in [4.69, 9.17) is 20.3 Å². The number of carbonyl (C=O) groups excluding carboxylic acids is 1. The van der Waals surface area contributed by atoms with Crippen molar-refractivity contribution in [3.05, 3.63) is 23.8 Å². The Hall–Kier alpha value is -2.31. The number of ether oxygens (including phenoxy) is 2. The molecule has 10 nitrogen and oxygen atoms in total. The van der Waals surface area contributed by atoms with E-state index in [2.05, 4.69) is 5.32 Å². The zero-order valence-electron chi connectivity index (χ0n) is 20.9. The fourth-order valence-corrected chi connectivity index (χ4v) is 3.80. The molecule has 0 aliphatic carbocycles. The molecule has 7 N–H and O–H groups in total. The number of anilines is 1. The number of aliphatic hydroxyl groups excluding tert-OH is 3. The molecule has 0 saturated carbocycles. The zero-order chi connectivity index (χ0) is 26.9. The molecule has 1 aromatic carbocycles. The smallest absolute Gasteiger partial charge is 0.335 e. The van der Waals surface area contributed by atoms with Gasteiger partial charge in [-0.05, 0) is 43.4 Å². The third-order valence-electron chi connectivity index (χ3n) is 5.45. The van der Waals surface area contributed by atoms with Crippen LogP contribution >= 0.6 is 0 Å². The van der Waals surface area contributed by atoms with Crippen molar-refractivity contribution >= 4 is 17.6 Å². The topological polar surface area (TPSA) is 172 Å². The molecular formula is C24H39FN2O8. The number of aliphatic hydroxyl groups is 3. The molecule has 1 heterocycles. The molecule has 0 spiro atoms. The van der Waals surface area contributed by atoms with E-state index in [1.165, 1.54) is 18.2 Å². The van der Waals surface area contributed by atoms with E-state index >= 15 is 0 Å². The summed E-state index contributed by atoms with van der Waals surface area (Å²) in [5, 5.41) is 41.5. The van der Waals surface area contributed by atoms with Crippen molar-refractivity contribution in [3.63, 3.8) is 0 Å². The molecule has 2 rings (SSSR count). The molecule has 200 valence electrons. The Labute approximate surface area is 205 Å². The van der Waals surface area contributed by atoms with Gasteiger partial charge in [0.25, 0.3) is 0 Å². The number of carbonyl (C=O) groups is 2. The number of aliphatic carboxylic acids is 1. The summed E-state index contributed by atoms with van der Waals surface area (Å²) in [5.74, 6) is -1.89. The van der Waals surface area contributed by atoms with Crippen LogP contribution in [-0.2, 0) is 21.0 Å². The summed E-state index contributed by atoms with van der Waals surface area (Å²) < 4.78 is 24.1. The summed E-state index contributed by atoms with van der Waals surface area (Å²) in [7, 11) is 0. The van der Waals surface area contributed by atoms with Crippen LogP contribution < -0.4 is 15.8 Å². The molecule has 1 aliphatic heterocycles. The standard InChI is InChI=1S/C22H33FN2O8.C2H6/c1-11(24)9-22(2,3)7-6-15(26)25-13-4-5-14(12(8-13)10-23)32-21-18(29)16(27)17(28)19(33-21)20(30)31;1-2/h4-5,8,11,16-19,21,27-29H,6-7,9-10,24H2,1-3H3,(H,25,26)(H,30,31);1-2H3. The highest BCUT2D eigenvalue weighted by atomic mass is 19.1. The van der Waals surface area contributed by atoms with Gasteiger partial charge >= 0.3 is 5.97 Å². The first kappa shape index (κ1) is 30.7. The molecule has 1 saturated heterocycles. The van der Waals surface area contributed by atoms with E-state index in [9.17, 15) is 29.3 Å². The van der Waals surface area contributed by atoms with Gasteiger partial charge in [-0.1, -0.05) is 27.7 Å². The van der Waals surface area contributed by atoms with E-state index < -0.39 is 43.3 Å². The van der Waals surface area contributed by atoms with Crippen LogP contribution in [0.15, 0.2) is 18.2 Å². The lowest BCUT2D eigenvalue weighted by molar-refractivity contribution is -0.271. The van der Waals surface area contributed by atoms with Gasteiger partial charge in [0.05, 0.1) is 0 Å². The van der Waals surface area contributed by atoms with Crippen molar-refractivity contribution in [1.82, 2.24) is 0 Å². The first-order valence-electron chi connectivity index (χ1n) is 11.7. The maximum Gasteiger partial charge on any atom is 0.335 e. The number of hydrogen-bond donors (Lipinski definition) is 6. The highest BCUT2D eigenvalue weighted by Crippen LogP contribution is 2.30. The molecule has 6 atom stereocenters. The van der Waals surface area contributed by atoms with Gasteiger partial charge in [0.1, 0.15) is 30.7 Å². The Kier molecular flexibility index (Phi) is 12.0. The number of nitrogens with one attached hydrogen (secondary N) is 1. The van der Waals surface area contributed by atoms with Gasteiger partial charge in [-0.2, -0.15) is 0 Å². The summed E-state index contributed by atoms with van der Waals surface area (Å²) in [6.07, 6.45) is -7.36. The first-order chi connectivity index (χ1) is 16.3. The van der Waals surface area contributed by atoms with E-state index in [-0.39, 0.29) is 35.1 Å². The van der Waals surface area contributed by atoms with Gasteiger partial charge in [-0.3, -0.25) is 4.79 Å². The van der Waals surface area contributed by atoms with Gasteiger partial charge in [-0.25, -0.2) is 9.18 Å². The quantitative estimate of drug-likeness (QED) is 0.280. The lowest BCUT2D eigenvalue weighted by atomic mass is 9.82. The second-order valence-electron chi connectivity index (χ2n) is 9.20. The third-order valence-corrected chi connectivity index (χ3v) is 5.45. The number of alkyl halides is 1. The van der Waals surface area contributed by atoms with Crippen molar-refractivity contribution in [1.29, 1.82) is 0 Å². The molecule has 0 radical (unpaired) electrons. The minimum Gasteiger partial charge on any atom is -0.479 e. The van der Waals surface area contributed by atoms with E-state index in [0.717, 1.165) is 6.42 Å². The molecule has 6 unspecified atom stereocenters. The maximum absolute atomic E-state index is 13.6. The van der Waals surface area contributed by atoms with Crippen molar-refractivity contribution in [2.24, 2.45) is 11.1 Å². The Bertz CT molecular complexity index is 836. The number of hydrogen-bond acceptors (Lipinski definition) is 8. The number of rotatable bonds is 10. The summed E-state index contributed by atoms with van der Waals surface area (Å²) >= 11 is 0. The van der Waals surface area contributed by atoms with Crippen LogP contribution in [0.5, 0.6) is 5.75 Å². The van der Waals surface area contributed by atoms with Gasteiger partial charge in [0.2, 0.25) is 12.2 Å². The molecule has 11 heteroatoms. The SMILES string of the molecule is CC.CC(N)CC(C)(C)CCC(=O)Nc1ccc(OC2OC(C(=O)O)C(O)C(O)C2O)c(CF)c1. The summed E-state index contributed by atoms with van der Waals surface area (Å²) in [6, 6.07) is 4.14. The van der Waals surface area contributed by atoms with Crippen LogP contribution in [-0.4, -0.2) is 69.1 Å². The predicted octanol–water partition coefficient (Wildman–Crippen LogP) is 1.94. The third kappa shape index (κ3) is 9.01. The van der Waals surface area contributed by atoms with E-state index in [1.54, 1.807) is 0 Å². The highest BCUT2D eigenvalue weighted by Gasteiger charge is 2.48. The largest absolute Gasteiger partial charge is 0.479 e. The van der Waals surface area contributed by atoms with Crippen LogP contribution in [0.1, 0.15) is 59.4 Å². The van der Waals surface area contributed by atoms with Crippen LogP contribution in [0.25, 0.3) is 0 Å². The second-order valence-corrected chi connectivity index (χ2v) is 9.20. The minimum absolute atomic E-state index is 0.00775. The van der Waals surface area contributed by atoms with E-state index in [0.29, 0.717) is 12.1 Å². The first-order valence-corrected chi connectivity index (χ1v) is 11.7. The predicted molar refractivity (Wildman–Crippen MR) is 127 cm³/mol. The average Bonchev–Trinajstić information content (AvgIpc) is 2.79. The molecule has 35 heavy (non-hydrogen) atoms. The normalized spacial score (nSPS) is 25.1. The van der Waals surface area contributed by atoms with Crippen molar-refractivity contribution in [2.45, 2.75) is 97.3 Å². The summed E-state index contributed by atoms with van der Waals surface area (Å²) in [4.78, 5) is 23.5. The Morgan fingerprint density at radius 2 is 1.83 bits per heavy atom. The number of carboxylic acids is 1. The highest BCUT2D eigenvalue weighted by molar-refractivity contribution is 5.90.